The molecule has 0 saturated carbocycles. The van der Waals surface area contributed by atoms with Crippen LogP contribution in [0.1, 0.15) is 36.1 Å². The quantitative estimate of drug-likeness (QED) is 0.406. The third kappa shape index (κ3) is 7.33. The van der Waals surface area contributed by atoms with Crippen LogP contribution in [-0.4, -0.2) is 35.4 Å². The van der Waals surface area contributed by atoms with Gasteiger partial charge in [-0.2, -0.15) is 0 Å². The molecule has 0 aliphatic carbocycles. The van der Waals surface area contributed by atoms with Gasteiger partial charge in [-0.1, -0.05) is 72.3 Å². The van der Waals surface area contributed by atoms with E-state index in [9.17, 15) is 9.59 Å². The highest BCUT2D eigenvalue weighted by molar-refractivity contribution is 6.31. The van der Waals surface area contributed by atoms with E-state index < -0.39 is 6.04 Å². The van der Waals surface area contributed by atoms with E-state index in [0.717, 1.165) is 22.3 Å². The number of carbonyl (C=O) groups is 2. The second kappa shape index (κ2) is 12.4. The molecule has 0 bridgehead atoms. The van der Waals surface area contributed by atoms with Gasteiger partial charge < -0.3 is 15.0 Å². The Bertz CT molecular complexity index is 1150. The first-order valence-corrected chi connectivity index (χ1v) is 12.2. The number of rotatable bonds is 10. The molecule has 0 unspecified atom stereocenters. The lowest BCUT2D eigenvalue weighted by Crippen LogP contribution is -2.52. The molecule has 2 amide bonds. The molecule has 35 heavy (non-hydrogen) atoms. The zero-order chi connectivity index (χ0) is 25.4. The lowest BCUT2D eigenvalue weighted by Gasteiger charge is -2.32. The average molecular weight is 493 g/mol. The average Bonchev–Trinajstić information content (AvgIpc) is 2.83. The highest BCUT2D eigenvalue weighted by Gasteiger charge is 2.31. The van der Waals surface area contributed by atoms with Crippen LogP contribution in [-0.2, 0) is 22.6 Å². The number of amides is 2. The van der Waals surface area contributed by atoms with E-state index >= 15 is 0 Å². The van der Waals surface area contributed by atoms with Crippen LogP contribution in [0.25, 0.3) is 0 Å². The Hall–Kier alpha value is -3.31. The molecule has 1 N–H and O–H groups in total. The van der Waals surface area contributed by atoms with Gasteiger partial charge in [-0.15, -0.1) is 0 Å². The molecule has 3 rings (SSSR count). The molecule has 0 radical (unpaired) electrons. The Morgan fingerprint density at radius 2 is 1.63 bits per heavy atom. The van der Waals surface area contributed by atoms with Crippen molar-refractivity contribution in [3.63, 3.8) is 0 Å². The summed E-state index contributed by atoms with van der Waals surface area (Å²) in [5.74, 6) is 0.156. The number of benzene rings is 3. The topological polar surface area (TPSA) is 58.6 Å². The Balaban J connectivity index is 1.94. The van der Waals surface area contributed by atoms with E-state index in [0.29, 0.717) is 17.2 Å². The highest BCUT2D eigenvalue weighted by atomic mass is 35.5. The molecule has 0 heterocycles. The summed E-state index contributed by atoms with van der Waals surface area (Å²) in [5, 5.41) is 3.53. The monoisotopic (exact) mass is 492 g/mol. The highest BCUT2D eigenvalue weighted by Crippen LogP contribution is 2.23. The van der Waals surface area contributed by atoms with Gasteiger partial charge in [0.15, 0.2) is 6.61 Å². The van der Waals surface area contributed by atoms with Crippen molar-refractivity contribution in [3.05, 3.63) is 100 Å². The molecule has 0 aliphatic heterocycles. The minimum atomic E-state index is -0.731. The van der Waals surface area contributed by atoms with E-state index in [-0.39, 0.29) is 31.0 Å². The largest absolute Gasteiger partial charge is 0.483 e. The fraction of sp³-hybridized carbons (Fsp3) is 0.310. The molecule has 0 spiro atoms. The summed E-state index contributed by atoms with van der Waals surface area (Å²) >= 11 is 6.44. The zero-order valence-electron chi connectivity index (χ0n) is 20.8. The summed E-state index contributed by atoms with van der Waals surface area (Å²) in [6, 6.07) is 22.0. The minimum absolute atomic E-state index is 0.0655. The molecule has 3 aromatic rings. The van der Waals surface area contributed by atoms with Crippen LogP contribution >= 0.6 is 11.6 Å². The summed E-state index contributed by atoms with van der Waals surface area (Å²) in [5.41, 5.74) is 3.80. The maximum atomic E-state index is 13.6. The third-order valence-corrected chi connectivity index (χ3v) is 6.28. The number of nitrogens with one attached hydrogen (secondary N) is 1. The van der Waals surface area contributed by atoms with Crippen molar-refractivity contribution in [3.8, 4) is 5.75 Å². The van der Waals surface area contributed by atoms with E-state index in [1.54, 1.807) is 11.0 Å². The van der Waals surface area contributed by atoms with Gasteiger partial charge in [0.1, 0.15) is 11.8 Å². The standard InChI is InChI=1S/C29H33ClN2O3/c1-20(2)31-29(34)26(17-23-12-6-5-7-13-23)32(18-24-14-8-9-15-25(24)30)28(33)19-35-27-16-10-11-21(3)22(27)4/h5-16,20,26H,17-19H2,1-4H3,(H,31,34)/t26-/m0/s1. The SMILES string of the molecule is Cc1cccc(OCC(=O)N(Cc2ccccc2Cl)[C@@H](Cc2ccccc2)C(=O)NC(C)C)c1C. The fourth-order valence-corrected chi connectivity index (χ4v) is 4.04. The van der Waals surface area contributed by atoms with Crippen LogP contribution < -0.4 is 10.1 Å². The summed E-state index contributed by atoms with van der Waals surface area (Å²) in [6.07, 6.45) is 0.374. The zero-order valence-corrected chi connectivity index (χ0v) is 21.5. The first kappa shape index (κ1) is 26.3. The molecular formula is C29H33ClN2O3. The van der Waals surface area contributed by atoms with Crippen LogP contribution in [0.15, 0.2) is 72.8 Å². The van der Waals surface area contributed by atoms with Crippen molar-refractivity contribution >= 4 is 23.4 Å². The van der Waals surface area contributed by atoms with Gasteiger partial charge in [-0.25, -0.2) is 0 Å². The second-order valence-electron chi connectivity index (χ2n) is 8.97. The van der Waals surface area contributed by atoms with Crippen LogP contribution in [0.3, 0.4) is 0 Å². The summed E-state index contributed by atoms with van der Waals surface area (Å²) in [6.45, 7) is 7.78. The lowest BCUT2D eigenvalue weighted by molar-refractivity contribution is -0.143. The number of hydrogen-bond acceptors (Lipinski definition) is 3. The van der Waals surface area contributed by atoms with Gasteiger partial charge in [0.2, 0.25) is 5.91 Å². The van der Waals surface area contributed by atoms with Gasteiger partial charge in [0, 0.05) is 24.0 Å². The van der Waals surface area contributed by atoms with Crippen LogP contribution in [0.2, 0.25) is 5.02 Å². The second-order valence-corrected chi connectivity index (χ2v) is 9.38. The molecule has 1 atom stereocenters. The van der Waals surface area contributed by atoms with Gasteiger partial charge in [-0.05, 0) is 62.1 Å². The molecule has 0 saturated heterocycles. The number of halogens is 1. The van der Waals surface area contributed by atoms with Gasteiger partial charge in [0.25, 0.3) is 5.91 Å². The van der Waals surface area contributed by atoms with Crippen molar-refractivity contribution in [1.29, 1.82) is 0 Å². The van der Waals surface area contributed by atoms with Crippen LogP contribution in [0, 0.1) is 13.8 Å². The summed E-state index contributed by atoms with van der Waals surface area (Å²) in [7, 11) is 0. The van der Waals surface area contributed by atoms with Crippen molar-refractivity contribution in [2.45, 2.75) is 52.7 Å². The molecular weight excluding hydrogens is 460 g/mol. The minimum Gasteiger partial charge on any atom is -0.483 e. The van der Waals surface area contributed by atoms with Crippen LogP contribution in [0.5, 0.6) is 5.75 Å². The smallest absolute Gasteiger partial charge is 0.261 e. The number of carbonyl (C=O) groups excluding carboxylic acids is 2. The molecule has 0 aromatic heterocycles. The lowest BCUT2D eigenvalue weighted by atomic mass is 10.0. The summed E-state index contributed by atoms with van der Waals surface area (Å²) < 4.78 is 5.93. The first-order valence-electron chi connectivity index (χ1n) is 11.8. The number of nitrogens with zero attached hydrogens (tertiary/aromatic N) is 1. The number of aryl methyl sites for hydroxylation is 1. The van der Waals surface area contributed by atoms with Crippen LogP contribution in [0.4, 0.5) is 0 Å². The maximum absolute atomic E-state index is 13.6. The van der Waals surface area contributed by atoms with E-state index in [2.05, 4.69) is 5.32 Å². The molecule has 0 aliphatic rings. The molecule has 5 nitrogen and oxygen atoms in total. The summed E-state index contributed by atoms with van der Waals surface area (Å²) in [4.78, 5) is 28.6. The van der Waals surface area contributed by atoms with Crippen molar-refractivity contribution in [1.82, 2.24) is 10.2 Å². The first-order chi connectivity index (χ1) is 16.8. The van der Waals surface area contributed by atoms with Gasteiger partial charge >= 0.3 is 0 Å². The maximum Gasteiger partial charge on any atom is 0.261 e. The third-order valence-electron chi connectivity index (χ3n) is 5.91. The number of hydrogen-bond donors (Lipinski definition) is 1. The molecule has 0 fully saturated rings. The van der Waals surface area contributed by atoms with E-state index in [1.165, 1.54) is 0 Å². The van der Waals surface area contributed by atoms with Crippen molar-refractivity contribution < 1.29 is 14.3 Å². The Kier molecular flexibility index (Phi) is 9.32. The molecule has 184 valence electrons. The van der Waals surface area contributed by atoms with E-state index in [1.807, 2.05) is 94.4 Å². The molecule has 3 aromatic carbocycles. The predicted molar refractivity (Wildman–Crippen MR) is 141 cm³/mol. The predicted octanol–water partition coefficient (Wildman–Crippen LogP) is 5.50. The fourth-order valence-electron chi connectivity index (χ4n) is 3.85. The van der Waals surface area contributed by atoms with Crippen molar-refractivity contribution in [2.24, 2.45) is 0 Å². The Morgan fingerprint density at radius 3 is 2.31 bits per heavy atom. The number of ether oxygens (including phenoxy) is 1. The Labute approximate surface area is 213 Å². The van der Waals surface area contributed by atoms with Gasteiger partial charge in [-0.3, -0.25) is 9.59 Å². The normalized spacial score (nSPS) is 11.7. The molecule has 6 heteroatoms. The van der Waals surface area contributed by atoms with Gasteiger partial charge in [0.05, 0.1) is 0 Å². The van der Waals surface area contributed by atoms with Crippen molar-refractivity contribution in [2.75, 3.05) is 6.61 Å². The Morgan fingerprint density at radius 1 is 0.943 bits per heavy atom. The van der Waals surface area contributed by atoms with E-state index in [4.69, 9.17) is 16.3 Å².